The van der Waals surface area contributed by atoms with Gasteiger partial charge in [-0.3, -0.25) is 0 Å². The smallest absolute Gasteiger partial charge is 0.122 e. The lowest BCUT2D eigenvalue weighted by molar-refractivity contribution is 0.0300. The Labute approximate surface area is 65.5 Å². The highest BCUT2D eigenvalue weighted by Gasteiger charge is 2.21. The first-order valence-electron chi connectivity index (χ1n) is 3.51. The largest absolute Gasteiger partial charge is 0.383 e. The molecule has 0 radical (unpaired) electrons. The summed E-state index contributed by atoms with van der Waals surface area (Å²) >= 11 is 0. The van der Waals surface area contributed by atoms with Crippen molar-refractivity contribution in [2.75, 3.05) is 6.67 Å². The van der Waals surface area contributed by atoms with E-state index in [9.17, 15) is 9.50 Å². The minimum Gasteiger partial charge on any atom is -0.383 e. The molecule has 1 aromatic carbocycles. The molecule has 1 atom stereocenters. The van der Waals surface area contributed by atoms with Crippen molar-refractivity contribution in [1.82, 2.24) is 0 Å². The second kappa shape index (κ2) is 3.01. The van der Waals surface area contributed by atoms with E-state index in [0.717, 1.165) is 0 Å². The lowest BCUT2D eigenvalue weighted by Gasteiger charge is -2.18. The first kappa shape index (κ1) is 8.21. The number of hydrogen-bond donors (Lipinski definition) is 1. The van der Waals surface area contributed by atoms with Gasteiger partial charge in [0.15, 0.2) is 0 Å². The summed E-state index contributed by atoms with van der Waals surface area (Å²) in [6.45, 7) is 0.708. The highest BCUT2D eigenvalue weighted by atomic mass is 19.1. The van der Waals surface area contributed by atoms with Gasteiger partial charge in [0.1, 0.15) is 12.3 Å². The van der Waals surface area contributed by atoms with Crippen LogP contribution in [0.25, 0.3) is 0 Å². The van der Waals surface area contributed by atoms with Gasteiger partial charge in [0.25, 0.3) is 0 Å². The van der Waals surface area contributed by atoms with Crippen LogP contribution in [0.2, 0.25) is 0 Å². The van der Waals surface area contributed by atoms with Gasteiger partial charge in [0, 0.05) is 0 Å². The third-order valence-electron chi connectivity index (χ3n) is 1.66. The predicted octanol–water partition coefficient (Wildman–Crippen LogP) is 1.86. The average Bonchev–Trinajstić information content (AvgIpc) is 2.06. The minimum atomic E-state index is -1.33. The van der Waals surface area contributed by atoms with Crippen molar-refractivity contribution in [2.45, 2.75) is 12.5 Å². The normalized spacial score (nSPS) is 15.9. The standard InChI is InChI=1S/C9H11FO/c1-9(11,7-10)8-5-3-2-4-6-8/h2-6,11H,7H2,1H3. The maximum atomic E-state index is 12.2. The number of alkyl halides is 1. The number of rotatable bonds is 2. The van der Waals surface area contributed by atoms with Crippen molar-refractivity contribution >= 4 is 0 Å². The lowest BCUT2D eigenvalue weighted by Crippen LogP contribution is -2.23. The predicted molar refractivity (Wildman–Crippen MR) is 42.0 cm³/mol. The molecule has 0 aromatic heterocycles. The molecule has 0 heterocycles. The highest BCUT2D eigenvalue weighted by Crippen LogP contribution is 2.19. The van der Waals surface area contributed by atoms with Gasteiger partial charge in [-0.1, -0.05) is 30.3 Å². The Balaban J connectivity index is 2.93. The Morgan fingerprint density at radius 1 is 1.36 bits per heavy atom. The maximum Gasteiger partial charge on any atom is 0.122 e. The molecule has 0 amide bonds. The van der Waals surface area contributed by atoms with E-state index in [1.165, 1.54) is 6.92 Å². The summed E-state index contributed by atoms with van der Waals surface area (Å²) in [4.78, 5) is 0. The molecular formula is C9H11FO. The molecule has 11 heavy (non-hydrogen) atoms. The summed E-state index contributed by atoms with van der Waals surface area (Å²) in [6.07, 6.45) is 0. The molecule has 2 heteroatoms. The summed E-state index contributed by atoms with van der Waals surface area (Å²) in [7, 11) is 0. The van der Waals surface area contributed by atoms with Gasteiger partial charge >= 0.3 is 0 Å². The molecule has 0 spiro atoms. The molecule has 0 aliphatic rings. The van der Waals surface area contributed by atoms with Gasteiger partial charge < -0.3 is 5.11 Å². The van der Waals surface area contributed by atoms with Crippen molar-refractivity contribution in [3.8, 4) is 0 Å². The van der Waals surface area contributed by atoms with E-state index in [-0.39, 0.29) is 0 Å². The van der Waals surface area contributed by atoms with Gasteiger partial charge in [-0.05, 0) is 12.5 Å². The van der Waals surface area contributed by atoms with E-state index in [0.29, 0.717) is 5.56 Å². The molecule has 60 valence electrons. The monoisotopic (exact) mass is 154 g/mol. The van der Waals surface area contributed by atoms with Crippen molar-refractivity contribution in [3.05, 3.63) is 35.9 Å². The van der Waals surface area contributed by atoms with Gasteiger partial charge in [-0.2, -0.15) is 0 Å². The summed E-state index contributed by atoms with van der Waals surface area (Å²) in [6, 6.07) is 8.80. The fourth-order valence-electron chi connectivity index (χ4n) is 0.874. The van der Waals surface area contributed by atoms with E-state index >= 15 is 0 Å². The third-order valence-corrected chi connectivity index (χ3v) is 1.66. The molecule has 1 aromatic rings. The molecule has 0 saturated carbocycles. The van der Waals surface area contributed by atoms with Crippen molar-refractivity contribution < 1.29 is 9.50 Å². The van der Waals surface area contributed by atoms with Crippen LogP contribution in [0.15, 0.2) is 30.3 Å². The van der Waals surface area contributed by atoms with Gasteiger partial charge in [0.05, 0.1) is 0 Å². The molecule has 1 unspecified atom stereocenters. The van der Waals surface area contributed by atoms with Crippen LogP contribution in [0, 0.1) is 0 Å². The quantitative estimate of drug-likeness (QED) is 0.689. The van der Waals surface area contributed by atoms with Crippen LogP contribution < -0.4 is 0 Å². The van der Waals surface area contributed by atoms with Crippen LogP contribution in [0.5, 0.6) is 0 Å². The Morgan fingerprint density at radius 2 is 1.91 bits per heavy atom. The third kappa shape index (κ3) is 1.77. The van der Waals surface area contributed by atoms with E-state index < -0.39 is 12.3 Å². The van der Waals surface area contributed by atoms with E-state index in [2.05, 4.69) is 0 Å². The summed E-state index contributed by atoms with van der Waals surface area (Å²) in [5.74, 6) is 0. The fourth-order valence-corrected chi connectivity index (χ4v) is 0.874. The zero-order valence-electron chi connectivity index (χ0n) is 6.42. The minimum absolute atomic E-state index is 0.613. The van der Waals surface area contributed by atoms with Crippen molar-refractivity contribution in [2.24, 2.45) is 0 Å². The number of halogens is 1. The summed E-state index contributed by atoms with van der Waals surface area (Å²) in [5, 5.41) is 9.42. The molecule has 1 nitrogen and oxygen atoms in total. The first-order chi connectivity index (χ1) is 5.17. The van der Waals surface area contributed by atoms with Gasteiger partial charge in [-0.15, -0.1) is 0 Å². The highest BCUT2D eigenvalue weighted by molar-refractivity contribution is 5.21. The number of benzene rings is 1. The SMILES string of the molecule is CC(O)(CF)c1ccccc1. The van der Waals surface area contributed by atoms with Crippen LogP contribution in [-0.4, -0.2) is 11.8 Å². The molecule has 0 aliphatic heterocycles. The topological polar surface area (TPSA) is 20.2 Å². The fraction of sp³-hybridized carbons (Fsp3) is 0.333. The van der Waals surface area contributed by atoms with E-state index in [1.54, 1.807) is 24.3 Å². The second-order valence-corrected chi connectivity index (χ2v) is 2.77. The number of aliphatic hydroxyl groups is 1. The van der Waals surface area contributed by atoms with Crippen LogP contribution in [0.4, 0.5) is 4.39 Å². The van der Waals surface area contributed by atoms with Crippen LogP contribution in [0.1, 0.15) is 12.5 Å². The summed E-state index contributed by atoms with van der Waals surface area (Å²) < 4.78 is 12.2. The summed E-state index contributed by atoms with van der Waals surface area (Å²) in [5.41, 5.74) is -0.719. The Kier molecular flexibility index (Phi) is 2.25. The zero-order chi connectivity index (χ0) is 8.32. The van der Waals surface area contributed by atoms with Crippen LogP contribution >= 0.6 is 0 Å². The molecule has 0 saturated heterocycles. The van der Waals surface area contributed by atoms with E-state index in [4.69, 9.17) is 0 Å². The Hall–Kier alpha value is -0.890. The van der Waals surface area contributed by atoms with Crippen LogP contribution in [-0.2, 0) is 5.60 Å². The molecule has 0 bridgehead atoms. The van der Waals surface area contributed by atoms with Gasteiger partial charge in [-0.25, -0.2) is 4.39 Å². The Morgan fingerprint density at radius 3 is 2.36 bits per heavy atom. The maximum absolute atomic E-state index is 12.2. The Bertz CT molecular complexity index is 218. The molecule has 0 fully saturated rings. The lowest BCUT2D eigenvalue weighted by atomic mass is 9.98. The van der Waals surface area contributed by atoms with E-state index in [1.807, 2.05) is 6.07 Å². The van der Waals surface area contributed by atoms with Crippen LogP contribution in [0.3, 0.4) is 0 Å². The molecule has 0 aliphatic carbocycles. The molecule has 1 N–H and O–H groups in total. The van der Waals surface area contributed by atoms with Gasteiger partial charge in [0.2, 0.25) is 0 Å². The second-order valence-electron chi connectivity index (χ2n) is 2.77. The molecule has 1 rings (SSSR count). The van der Waals surface area contributed by atoms with Crippen molar-refractivity contribution in [3.63, 3.8) is 0 Å². The average molecular weight is 154 g/mol. The first-order valence-corrected chi connectivity index (χ1v) is 3.51. The number of hydrogen-bond acceptors (Lipinski definition) is 1. The van der Waals surface area contributed by atoms with Crippen molar-refractivity contribution in [1.29, 1.82) is 0 Å². The molecular weight excluding hydrogens is 143 g/mol. The zero-order valence-corrected chi connectivity index (χ0v) is 6.42.